The Hall–Kier alpha value is -2.88. The topological polar surface area (TPSA) is 46.9 Å². The first-order valence-electron chi connectivity index (χ1n) is 8.14. The number of hydrogen-bond donors (Lipinski definition) is 1. The Kier molecular flexibility index (Phi) is 3.45. The van der Waals surface area contributed by atoms with Crippen molar-refractivity contribution in [2.24, 2.45) is 0 Å². The molecule has 2 aromatic carbocycles. The van der Waals surface area contributed by atoms with Gasteiger partial charge in [0.1, 0.15) is 5.82 Å². The number of nitrogens with zero attached hydrogens (tertiary/aromatic N) is 2. The van der Waals surface area contributed by atoms with Crippen LogP contribution in [-0.2, 0) is 4.79 Å². The lowest BCUT2D eigenvalue weighted by molar-refractivity contribution is -0.116. The standard InChI is InChI=1S/C20H19N3O/c1-13-7-6-10-18(14(13)2)23-20-17(12-21-23)16(11-19(24)22-20)15-8-4-3-5-9-15/h3-10,12,16H,11H2,1-2H3,(H,22,24). The number of aryl methyl sites for hydroxylation is 1. The molecule has 120 valence electrons. The molecule has 1 amide bonds. The highest BCUT2D eigenvalue weighted by molar-refractivity contribution is 5.94. The predicted octanol–water partition coefficient (Wildman–Crippen LogP) is 3.96. The normalized spacial score (nSPS) is 16.6. The number of rotatable bonds is 2. The minimum Gasteiger partial charge on any atom is -0.310 e. The Morgan fingerprint density at radius 3 is 2.67 bits per heavy atom. The van der Waals surface area contributed by atoms with Crippen molar-refractivity contribution in [3.05, 3.63) is 77.0 Å². The number of hydrogen-bond acceptors (Lipinski definition) is 2. The zero-order valence-corrected chi connectivity index (χ0v) is 13.8. The van der Waals surface area contributed by atoms with Crippen molar-refractivity contribution < 1.29 is 4.79 Å². The van der Waals surface area contributed by atoms with Crippen molar-refractivity contribution in [3.8, 4) is 5.69 Å². The first kappa shape index (κ1) is 14.7. The average Bonchev–Trinajstić information content (AvgIpc) is 3.01. The number of benzene rings is 2. The van der Waals surface area contributed by atoms with Crippen LogP contribution in [0.3, 0.4) is 0 Å². The lowest BCUT2D eigenvalue weighted by Gasteiger charge is -2.24. The lowest BCUT2D eigenvalue weighted by atomic mass is 9.87. The van der Waals surface area contributed by atoms with Gasteiger partial charge in [-0.25, -0.2) is 4.68 Å². The van der Waals surface area contributed by atoms with Crippen LogP contribution in [0.4, 0.5) is 5.82 Å². The van der Waals surface area contributed by atoms with E-state index in [-0.39, 0.29) is 11.8 Å². The van der Waals surface area contributed by atoms with E-state index in [1.165, 1.54) is 11.1 Å². The van der Waals surface area contributed by atoms with Gasteiger partial charge in [-0.15, -0.1) is 0 Å². The summed E-state index contributed by atoms with van der Waals surface area (Å²) in [7, 11) is 0. The molecule has 1 aliphatic rings. The first-order chi connectivity index (χ1) is 11.6. The molecule has 1 aliphatic heterocycles. The summed E-state index contributed by atoms with van der Waals surface area (Å²) in [6, 6.07) is 16.3. The van der Waals surface area contributed by atoms with Crippen molar-refractivity contribution in [2.45, 2.75) is 26.2 Å². The van der Waals surface area contributed by atoms with Crippen LogP contribution in [0.5, 0.6) is 0 Å². The zero-order valence-electron chi connectivity index (χ0n) is 13.8. The van der Waals surface area contributed by atoms with Gasteiger partial charge >= 0.3 is 0 Å². The van der Waals surface area contributed by atoms with Crippen LogP contribution >= 0.6 is 0 Å². The molecule has 1 N–H and O–H groups in total. The maximum atomic E-state index is 12.3. The number of fused-ring (bicyclic) bond motifs is 1. The van der Waals surface area contributed by atoms with Gasteiger partial charge in [-0.1, -0.05) is 42.5 Å². The number of carbonyl (C=O) groups excluding carboxylic acids is 1. The molecule has 4 heteroatoms. The van der Waals surface area contributed by atoms with E-state index >= 15 is 0 Å². The maximum Gasteiger partial charge on any atom is 0.226 e. The Morgan fingerprint density at radius 2 is 1.88 bits per heavy atom. The highest BCUT2D eigenvalue weighted by atomic mass is 16.1. The second kappa shape index (κ2) is 5.64. The van der Waals surface area contributed by atoms with Crippen molar-refractivity contribution >= 4 is 11.7 Å². The van der Waals surface area contributed by atoms with Crippen molar-refractivity contribution in [1.82, 2.24) is 9.78 Å². The summed E-state index contributed by atoms with van der Waals surface area (Å²) < 4.78 is 1.85. The molecule has 1 unspecified atom stereocenters. The fourth-order valence-corrected chi connectivity index (χ4v) is 3.35. The van der Waals surface area contributed by atoms with Crippen LogP contribution in [0.2, 0.25) is 0 Å². The molecule has 0 saturated carbocycles. The van der Waals surface area contributed by atoms with Gasteiger partial charge < -0.3 is 5.32 Å². The van der Waals surface area contributed by atoms with Gasteiger partial charge in [0.05, 0.1) is 11.9 Å². The number of amides is 1. The SMILES string of the molecule is Cc1cccc(-n2ncc3c2NC(=O)CC3c2ccccc2)c1C. The summed E-state index contributed by atoms with van der Waals surface area (Å²) in [5.41, 5.74) is 5.60. The fourth-order valence-electron chi connectivity index (χ4n) is 3.35. The lowest BCUT2D eigenvalue weighted by Crippen LogP contribution is -2.24. The Morgan fingerprint density at radius 1 is 1.08 bits per heavy atom. The van der Waals surface area contributed by atoms with Crippen molar-refractivity contribution in [2.75, 3.05) is 5.32 Å². The van der Waals surface area contributed by atoms with Gasteiger partial charge in [-0.05, 0) is 36.6 Å². The van der Waals surface area contributed by atoms with E-state index in [2.05, 4.69) is 42.5 Å². The van der Waals surface area contributed by atoms with Crippen LogP contribution in [0.15, 0.2) is 54.7 Å². The molecule has 0 bridgehead atoms. The quantitative estimate of drug-likeness (QED) is 0.777. The molecule has 3 aromatic rings. The average molecular weight is 317 g/mol. The van der Waals surface area contributed by atoms with Gasteiger partial charge in [-0.2, -0.15) is 5.10 Å². The minimum absolute atomic E-state index is 0.0309. The van der Waals surface area contributed by atoms with Crippen LogP contribution in [0.25, 0.3) is 5.69 Å². The number of aromatic nitrogens is 2. The largest absolute Gasteiger partial charge is 0.310 e. The highest BCUT2D eigenvalue weighted by Crippen LogP contribution is 2.38. The van der Waals surface area contributed by atoms with E-state index in [0.29, 0.717) is 6.42 Å². The third-order valence-corrected chi connectivity index (χ3v) is 4.83. The monoisotopic (exact) mass is 317 g/mol. The molecule has 0 spiro atoms. The summed E-state index contributed by atoms with van der Waals surface area (Å²) in [5.74, 6) is 0.867. The highest BCUT2D eigenvalue weighted by Gasteiger charge is 2.30. The van der Waals surface area contributed by atoms with Crippen LogP contribution in [-0.4, -0.2) is 15.7 Å². The summed E-state index contributed by atoms with van der Waals surface area (Å²) in [6.45, 7) is 4.16. The van der Waals surface area contributed by atoms with E-state index in [9.17, 15) is 4.79 Å². The minimum atomic E-state index is 0.0309. The van der Waals surface area contributed by atoms with Crippen molar-refractivity contribution in [1.29, 1.82) is 0 Å². The second-order valence-electron chi connectivity index (χ2n) is 6.29. The molecular weight excluding hydrogens is 298 g/mol. The van der Waals surface area contributed by atoms with Gasteiger partial charge in [0.2, 0.25) is 5.91 Å². The molecule has 4 rings (SSSR count). The molecule has 0 saturated heterocycles. The van der Waals surface area contributed by atoms with E-state index in [0.717, 1.165) is 22.6 Å². The van der Waals surface area contributed by atoms with Crippen LogP contribution in [0.1, 0.15) is 34.6 Å². The molecule has 4 nitrogen and oxygen atoms in total. The smallest absolute Gasteiger partial charge is 0.226 e. The number of carbonyl (C=O) groups is 1. The maximum absolute atomic E-state index is 12.3. The van der Waals surface area contributed by atoms with Gasteiger partial charge in [-0.3, -0.25) is 4.79 Å². The van der Waals surface area contributed by atoms with E-state index in [1.807, 2.05) is 41.2 Å². The summed E-state index contributed by atoms with van der Waals surface area (Å²) in [4.78, 5) is 12.3. The molecule has 24 heavy (non-hydrogen) atoms. The molecule has 0 aliphatic carbocycles. The van der Waals surface area contributed by atoms with Gasteiger partial charge in [0.15, 0.2) is 0 Å². The Labute approximate surface area is 141 Å². The summed E-state index contributed by atoms with van der Waals surface area (Å²) in [5, 5.41) is 7.60. The number of anilines is 1. The molecular formula is C20H19N3O. The fraction of sp³-hybridized carbons (Fsp3) is 0.200. The number of nitrogens with one attached hydrogen (secondary N) is 1. The van der Waals surface area contributed by atoms with E-state index in [1.54, 1.807) is 0 Å². The summed E-state index contributed by atoms with van der Waals surface area (Å²) >= 11 is 0. The Balaban J connectivity index is 1.86. The zero-order chi connectivity index (χ0) is 16.7. The van der Waals surface area contributed by atoms with Crippen molar-refractivity contribution in [3.63, 3.8) is 0 Å². The van der Waals surface area contributed by atoms with E-state index in [4.69, 9.17) is 0 Å². The molecule has 1 aromatic heterocycles. The second-order valence-corrected chi connectivity index (χ2v) is 6.29. The summed E-state index contributed by atoms with van der Waals surface area (Å²) in [6.07, 6.45) is 2.34. The van der Waals surface area contributed by atoms with Crippen LogP contribution < -0.4 is 5.32 Å². The van der Waals surface area contributed by atoms with E-state index < -0.39 is 0 Å². The predicted molar refractivity (Wildman–Crippen MR) is 94.6 cm³/mol. The Bertz CT molecular complexity index is 912. The molecule has 1 atom stereocenters. The molecule has 0 fully saturated rings. The third kappa shape index (κ3) is 2.31. The van der Waals surface area contributed by atoms with Gasteiger partial charge in [0.25, 0.3) is 0 Å². The first-order valence-corrected chi connectivity index (χ1v) is 8.14. The third-order valence-electron chi connectivity index (χ3n) is 4.83. The van der Waals surface area contributed by atoms with Gasteiger partial charge in [0, 0.05) is 17.9 Å². The van der Waals surface area contributed by atoms with Crippen LogP contribution in [0, 0.1) is 13.8 Å². The molecule has 2 heterocycles. The molecule has 0 radical (unpaired) electrons.